The van der Waals surface area contributed by atoms with E-state index in [1.165, 1.54) is 30.9 Å². The number of nitriles is 1. The summed E-state index contributed by atoms with van der Waals surface area (Å²) in [5, 5.41) is 12.3. The molecule has 0 aromatic heterocycles. The third-order valence-corrected chi connectivity index (χ3v) is 6.95. The second-order valence-corrected chi connectivity index (χ2v) is 9.68. The molecule has 3 aromatic carbocycles. The van der Waals surface area contributed by atoms with E-state index >= 15 is 0 Å². The van der Waals surface area contributed by atoms with Crippen molar-refractivity contribution in [3.05, 3.63) is 99.6 Å². The fourth-order valence-electron chi connectivity index (χ4n) is 4.43. The minimum absolute atomic E-state index is 0.00871. The third kappa shape index (κ3) is 6.84. The molecule has 0 aliphatic heterocycles. The number of nitrogens with one attached hydrogen (secondary N) is 1. The lowest BCUT2D eigenvalue weighted by atomic mass is 9.80. The smallest absolute Gasteiger partial charge is 0.372 e. The van der Waals surface area contributed by atoms with Crippen molar-refractivity contribution < 1.29 is 18.0 Å². The summed E-state index contributed by atoms with van der Waals surface area (Å²) in [6.45, 7) is 0.496. The van der Waals surface area contributed by atoms with Crippen LogP contribution >= 0.6 is 11.6 Å². The number of carbonyl (C=O) groups is 1. The van der Waals surface area contributed by atoms with E-state index < -0.39 is 11.7 Å². The van der Waals surface area contributed by atoms with E-state index in [0.717, 1.165) is 17.7 Å². The average Bonchev–Trinajstić information content (AvgIpc) is 2.85. The van der Waals surface area contributed by atoms with Gasteiger partial charge in [0.1, 0.15) is 6.54 Å². The molecule has 4 rings (SSSR count). The highest BCUT2D eigenvalue weighted by Crippen LogP contribution is 2.36. The van der Waals surface area contributed by atoms with E-state index in [2.05, 4.69) is 17.4 Å². The maximum Gasteiger partial charge on any atom is 0.416 e. The molecule has 0 radical (unpaired) electrons. The Kier molecular flexibility index (Phi) is 8.40. The number of amides is 1. The van der Waals surface area contributed by atoms with Crippen LogP contribution in [0.2, 0.25) is 5.02 Å². The van der Waals surface area contributed by atoms with Gasteiger partial charge in [-0.2, -0.15) is 18.4 Å². The van der Waals surface area contributed by atoms with Gasteiger partial charge in [-0.25, -0.2) is 0 Å². The van der Waals surface area contributed by atoms with Crippen LogP contribution in [-0.4, -0.2) is 23.9 Å². The standard InChI is InChI=1S/C29H27ClF3N3O/c30-25-11-12-27(35-15-14-34)26(18-25)28(37)36(16-13-20-3-1-6-24(17-20)29(31,32)33)19-21-7-9-23(10-8-21)22-4-2-5-22/h1,3,6-12,17-18,22,35H,2,4-5,13,15-16,19H2. The van der Waals surface area contributed by atoms with E-state index in [0.29, 0.717) is 27.8 Å². The van der Waals surface area contributed by atoms with E-state index in [1.54, 1.807) is 29.2 Å². The molecule has 37 heavy (non-hydrogen) atoms. The molecule has 0 atom stereocenters. The SMILES string of the molecule is N#CCNc1ccc(Cl)cc1C(=O)N(CCc1cccc(C(F)(F)F)c1)Cc1ccc(C2CCC2)cc1. The molecule has 1 saturated carbocycles. The number of anilines is 1. The fraction of sp³-hybridized carbons (Fsp3) is 0.310. The number of carbonyl (C=O) groups excluding carboxylic acids is 1. The molecule has 1 N–H and O–H groups in total. The Balaban J connectivity index is 1.59. The molecule has 192 valence electrons. The van der Waals surface area contributed by atoms with E-state index in [9.17, 15) is 18.0 Å². The van der Waals surface area contributed by atoms with Crippen LogP contribution in [0.25, 0.3) is 0 Å². The summed E-state index contributed by atoms with van der Waals surface area (Å²) in [6.07, 6.45) is -0.568. The molecular formula is C29H27ClF3N3O. The van der Waals surface area contributed by atoms with Gasteiger partial charge in [0, 0.05) is 23.8 Å². The van der Waals surface area contributed by atoms with Crippen molar-refractivity contribution >= 4 is 23.2 Å². The van der Waals surface area contributed by atoms with Crippen LogP contribution in [0.5, 0.6) is 0 Å². The Morgan fingerprint density at radius 1 is 1.05 bits per heavy atom. The molecule has 0 heterocycles. The molecular weight excluding hydrogens is 499 g/mol. The predicted octanol–water partition coefficient (Wildman–Crippen LogP) is 7.45. The molecule has 1 aliphatic carbocycles. The number of benzene rings is 3. The van der Waals surface area contributed by atoms with Gasteiger partial charge in [0.25, 0.3) is 5.91 Å². The Morgan fingerprint density at radius 3 is 2.46 bits per heavy atom. The number of alkyl halides is 3. The van der Waals surface area contributed by atoms with Crippen molar-refractivity contribution in [2.45, 2.75) is 44.3 Å². The zero-order valence-corrected chi connectivity index (χ0v) is 20.9. The number of nitrogens with zero attached hydrogens (tertiary/aromatic N) is 2. The van der Waals surface area contributed by atoms with Gasteiger partial charge in [0.2, 0.25) is 0 Å². The van der Waals surface area contributed by atoms with Gasteiger partial charge in [-0.15, -0.1) is 0 Å². The van der Waals surface area contributed by atoms with Crippen molar-refractivity contribution in [3.8, 4) is 6.07 Å². The summed E-state index contributed by atoms with van der Waals surface area (Å²) in [5.74, 6) is 0.269. The van der Waals surface area contributed by atoms with Gasteiger partial charge >= 0.3 is 6.18 Å². The van der Waals surface area contributed by atoms with Gasteiger partial charge in [-0.3, -0.25) is 4.79 Å². The van der Waals surface area contributed by atoms with Crippen LogP contribution < -0.4 is 5.32 Å². The van der Waals surface area contributed by atoms with Crippen molar-refractivity contribution in [2.24, 2.45) is 0 Å². The molecule has 0 saturated heterocycles. The topological polar surface area (TPSA) is 56.1 Å². The normalized spacial score (nSPS) is 13.5. The second kappa shape index (κ2) is 11.7. The van der Waals surface area contributed by atoms with E-state index in [4.69, 9.17) is 16.9 Å². The Bertz CT molecular complexity index is 1280. The first-order valence-electron chi connectivity index (χ1n) is 12.2. The van der Waals surface area contributed by atoms with Crippen molar-refractivity contribution in [3.63, 3.8) is 0 Å². The van der Waals surface area contributed by atoms with Gasteiger partial charge in [-0.1, -0.05) is 60.5 Å². The second-order valence-electron chi connectivity index (χ2n) is 9.25. The monoisotopic (exact) mass is 525 g/mol. The van der Waals surface area contributed by atoms with Crippen LogP contribution in [0.1, 0.15) is 57.8 Å². The number of rotatable bonds is 9. The van der Waals surface area contributed by atoms with Crippen LogP contribution in [0.15, 0.2) is 66.7 Å². The number of halogens is 4. The molecule has 3 aromatic rings. The molecule has 1 aliphatic rings. The zero-order valence-electron chi connectivity index (χ0n) is 20.2. The van der Waals surface area contributed by atoms with Gasteiger partial charge in [0.05, 0.1) is 17.2 Å². The fourth-order valence-corrected chi connectivity index (χ4v) is 4.60. The quantitative estimate of drug-likeness (QED) is 0.295. The Morgan fingerprint density at radius 2 is 1.81 bits per heavy atom. The van der Waals surface area contributed by atoms with Crippen molar-refractivity contribution in [1.29, 1.82) is 5.26 Å². The highest BCUT2D eigenvalue weighted by Gasteiger charge is 2.30. The minimum atomic E-state index is -4.43. The molecule has 4 nitrogen and oxygen atoms in total. The maximum atomic E-state index is 13.7. The van der Waals surface area contributed by atoms with Crippen molar-refractivity contribution in [1.82, 2.24) is 4.90 Å². The first-order valence-corrected chi connectivity index (χ1v) is 12.6. The van der Waals surface area contributed by atoms with Crippen LogP contribution in [0.3, 0.4) is 0 Å². The Hall–Kier alpha value is -3.50. The summed E-state index contributed by atoms with van der Waals surface area (Å²) in [7, 11) is 0. The lowest BCUT2D eigenvalue weighted by Gasteiger charge is -2.27. The van der Waals surface area contributed by atoms with Crippen molar-refractivity contribution in [2.75, 3.05) is 18.4 Å². The third-order valence-electron chi connectivity index (χ3n) is 6.71. The minimum Gasteiger partial charge on any atom is -0.372 e. The average molecular weight is 526 g/mol. The highest BCUT2D eigenvalue weighted by molar-refractivity contribution is 6.31. The molecule has 0 unspecified atom stereocenters. The molecule has 0 bridgehead atoms. The molecule has 1 fully saturated rings. The maximum absolute atomic E-state index is 13.7. The van der Waals surface area contributed by atoms with Crippen LogP contribution in [-0.2, 0) is 19.1 Å². The summed E-state index contributed by atoms with van der Waals surface area (Å²) < 4.78 is 39.6. The van der Waals surface area contributed by atoms with E-state index in [1.807, 2.05) is 18.2 Å². The summed E-state index contributed by atoms with van der Waals surface area (Å²) >= 11 is 6.19. The van der Waals surface area contributed by atoms with Gasteiger partial charge in [0.15, 0.2) is 0 Å². The summed E-state index contributed by atoms with van der Waals surface area (Å²) in [4.78, 5) is 15.3. The lowest BCUT2D eigenvalue weighted by Crippen LogP contribution is -2.33. The van der Waals surface area contributed by atoms with E-state index in [-0.39, 0.29) is 32.0 Å². The largest absolute Gasteiger partial charge is 0.416 e. The zero-order chi connectivity index (χ0) is 26.4. The number of hydrogen-bond donors (Lipinski definition) is 1. The van der Waals surface area contributed by atoms with Crippen LogP contribution in [0.4, 0.5) is 18.9 Å². The number of hydrogen-bond acceptors (Lipinski definition) is 3. The Labute approximate surface area is 219 Å². The molecule has 0 spiro atoms. The highest BCUT2D eigenvalue weighted by atomic mass is 35.5. The molecule has 1 amide bonds. The predicted molar refractivity (Wildman–Crippen MR) is 138 cm³/mol. The first kappa shape index (κ1) is 26.6. The summed E-state index contributed by atoms with van der Waals surface area (Å²) in [5.41, 5.74) is 2.76. The first-order chi connectivity index (χ1) is 17.7. The molecule has 8 heteroatoms. The van der Waals surface area contributed by atoms with Gasteiger partial charge < -0.3 is 10.2 Å². The van der Waals surface area contributed by atoms with Gasteiger partial charge in [-0.05, 0) is 66.1 Å². The summed E-state index contributed by atoms with van der Waals surface area (Å²) in [6, 6.07) is 20.2. The lowest BCUT2D eigenvalue weighted by molar-refractivity contribution is -0.137. The van der Waals surface area contributed by atoms with Crippen LogP contribution in [0, 0.1) is 11.3 Å².